The van der Waals surface area contributed by atoms with Crippen LogP contribution in [0.4, 0.5) is 11.6 Å². The number of Topliss-reactive ketones (excluding diaryl/α,β-unsaturated/α-hetero) is 1. The van der Waals surface area contributed by atoms with Crippen molar-refractivity contribution >= 4 is 23.1 Å². The van der Waals surface area contributed by atoms with E-state index in [9.17, 15) is 4.79 Å². The van der Waals surface area contributed by atoms with Crippen molar-refractivity contribution < 1.29 is 9.53 Å². The van der Waals surface area contributed by atoms with Gasteiger partial charge in [-0.05, 0) is 61.0 Å². The van der Waals surface area contributed by atoms with Gasteiger partial charge in [-0.2, -0.15) is 4.98 Å². The Labute approximate surface area is 156 Å². The molecule has 0 bridgehead atoms. The predicted molar refractivity (Wildman–Crippen MR) is 105 cm³/mol. The molecule has 134 valence electrons. The molecule has 0 amide bonds. The zero-order valence-corrected chi connectivity index (χ0v) is 15.0. The number of anilines is 2. The molecule has 0 fully saturated rings. The zero-order valence-electron chi connectivity index (χ0n) is 15.0. The minimum absolute atomic E-state index is 0.0385. The van der Waals surface area contributed by atoms with Crippen LogP contribution >= 0.6 is 0 Å². The molecule has 0 atom stereocenters. The number of pyridine rings is 1. The number of fused-ring (bicyclic) bond motifs is 1. The van der Waals surface area contributed by atoms with Gasteiger partial charge in [0, 0.05) is 23.0 Å². The Morgan fingerprint density at radius 1 is 1.04 bits per heavy atom. The molecule has 2 heterocycles. The maximum atomic E-state index is 11.4. The fourth-order valence-corrected chi connectivity index (χ4v) is 2.87. The molecule has 0 aliphatic carbocycles. The minimum Gasteiger partial charge on any atom is -0.497 e. The summed E-state index contributed by atoms with van der Waals surface area (Å²) in [4.78, 5) is 16.0. The highest BCUT2D eigenvalue weighted by atomic mass is 16.5. The summed E-state index contributed by atoms with van der Waals surface area (Å²) in [6.07, 6.45) is 1.86. The second-order valence-corrected chi connectivity index (χ2v) is 6.11. The maximum absolute atomic E-state index is 11.4. The summed E-state index contributed by atoms with van der Waals surface area (Å²) in [5.74, 6) is 1.34. The molecule has 4 rings (SSSR count). The lowest BCUT2D eigenvalue weighted by atomic mass is 10.1. The molecule has 6 heteroatoms. The highest BCUT2D eigenvalue weighted by Gasteiger charge is 2.10. The van der Waals surface area contributed by atoms with E-state index in [2.05, 4.69) is 15.4 Å². The highest BCUT2D eigenvalue weighted by molar-refractivity contribution is 5.94. The summed E-state index contributed by atoms with van der Waals surface area (Å²) in [6, 6.07) is 19.0. The van der Waals surface area contributed by atoms with Crippen LogP contribution < -0.4 is 10.1 Å². The van der Waals surface area contributed by atoms with Gasteiger partial charge in [-0.15, -0.1) is 5.10 Å². The van der Waals surface area contributed by atoms with E-state index in [1.807, 2.05) is 54.7 Å². The lowest BCUT2D eigenvalue weighted by Crippen LogP contribution is -1.95. The highest BCUT2D eigenvalue weighted by Crippen LogP contribution is 2.26. The van der Waals surface area contributed by atoms with Gasteiger partial charge in [0.1, 0.15) is 5.75 Å². The van der Waals surface area contributed by atoms with E-state index in [4.69, 9.17) is 4.74 Å². The lowest BCUT2D eigenvalue weighted by Gasteiger charge is -2.04. The minimum atomic E-state index is 0.0385. The van der Waals surface area contributed by atoms with Gasteiger partial charge >= 0.3 is 0 Å². The van der Waals surface area contributed by atoms with Crippen LogP contribution in [0.1, 0.15) is 17.3 Å². The molecular weight excluding hydrogens is 340 g/mol. The fraction of sp³-hybridized carbons (Fsp3) is 0.0952. The number of carbonyl (C=O) groups excluding carboxylic acids is 1. The number of rotatable bonds is 5. The van der Waals surface area contributed by atoms with Crippen molar-refractivity contribution in [2.75, 3.05) is 12.4 Å². The molecule has 2 aromatic carbocycles. The van der Waals surface area contributed by atoms with Gasteiger partial charge in [-0.1, -0.05) is 12.1 Å². The van der Waals surface area contributed by atoms with Crippen LogP contribution in [0.5, 0.6) is 5.75 Å². The van der Waals surface area contributed by atoms with Gasteiger partial charge in [-0.25, -0.2) is 4.52 Å². The van der Waals surface area contributed by atoms with Crippen molar-refractivity contribution in [3.8, 4) is 16.9 Å². The van der Waals surface area contributed by atoms with E-state index in [1.54, 1.807) is 30.7 Å². The first-order valence-electron chi connectivity index (χ1n) is 8.52. The normalized spacial score (nSPS) is 10.7. The van der Waals surface area contributed by atoms with Gasteiger partial charge < -0.3 is 10.1 Å². The largest absolute Gasteiger partial charge is 0.497 e. The van der Waals surface area contributed by atoms with E-state index < -0.39 is 0 Å². The molecule has 0 saturated heterocycles. The first kappa shape index (κ1) is 16.8. The van der Waals surface area contributed by atoms with Crippen LogP contribution in [0.2, 0.25) is 0 Å². The van der Waals surface area contributed by atoms with Gasteiger partial charge in [0.2, 0.25) is 5.95 Å². The third kappa shape index (κ3) is 3.37. The third-order valence-electron chi connectivity index (χ3n) is 4.31. The van der Waals surface area contributed by atoms with E-state index >= 15 is 0 Å². The van der Waals surface area contributed by atoms with Gasteiger partial charge in [0.05, 0.1) is 7.11 Å². The summed E-state index contributed by atoms with van der Waals surface area (Å²) in [7, 11) is 1.65. The first-order chi connectivity index (χ1) is 13.1. The van der Waals surface area contributed by atoms with Crippen molar-refractivity contribution in [2.24, 2.45) is 0 Å². The lowest BCUT2D eigenvalue weighted by molar-refractivity contribution is 0.101. The molecule has 0 aliphatic rings. The first-order valence-corrected chi connectivity index (χ1v) is 8.52. The number of benzene rings is 2. The van der Waals surface area contributed by atoms with Gasteiger partial charge in [-0.3, -0.25) is 4.79 Å². The van der Waals surface area contributed by atoms with E-state index in [1.165, 1.54) is 0 Å². The van der Waals surface area contributed by atoms with Gasteiger partial charge in [0.25, 0.3) is 0 Å². The Morgan fingerprint density at radius 3 is 2.44 bits per heavy atom. The number of ether oxygens (including phenoxy) is 1. The van der Waals surface area contributed by atoms with Crippen molar-refractivity contribution in [1.82, 2.24) is 14.6 Å². The van der Waals surface area contributed by atoms with Gasteiger partial charge in [0.15, 0.2) is 11.4 Å². The number of ketones is 1. The third-order valence-corrected chi connectivity index (χ3v) is 4.31. The molecule has 27 heavy (non-hydrogen) atoms. The van der Waals surface area contributed by atoms with E-state index in [0.29, 0.717) is 11.5 Å². The number of hydrogen-bond acceptors (Lipinski definition) is 5. The van der Waals surface area contributed by atoms with Crippen LogP contribution in [0.3, 0.4) is 0 Å². The number of methoxy groups -OCH3 is 1. The second kappa shape index (κ2) is 6.92. The number of aromatic nitrogens is 3. The van der Waals surface area contributed by atoms with Crippen molar-refractivity contribution in [3.63, 3.8) is 0 Å². The number of nitrogens with zero attached hydrogens (tertiary/aromatic N) is 3. The maximum Gasteiger partial charge on any atom is 0.247 e. The Balaban J connectivity index is 1.66. The fourth-order valence-electron chi connectivity index (χ4n) is 2.87. The monoisotopic (exact) mass is 358 g/mol. The van der Waals surface area contributed by atoms with E-state index in [0.717, 1.165) is 28.2 Å². The SMILES string of the molecule is COc1ccc(-c2cccn3nc(Nc4ccc(C(C)=O)cc4)nc23)cc1. The molecule has 0 saturated carbocycles. The molecule has 0 unspecified atom stereocenters. The summed E-state index contributed by atoms with van der Waals surface area (Å²) < 4.78 is 6.96. The van der Waals surface area contributed by atoms with Crippen LogP contribution in [-0.4, -0.2) is 27.5 Å². The Morgan fingerprint density at radius 2 is 1.78 bits per heavy atom. The van der Waals surface area contributed by atoms with Crippen molar-refractivity contribution in [3.05, 3.63) is 72.4 Å². The van der Waals surface area contributed by atoms with Crippen LogP contribution in [0.15, 0.2) is 66.9 Å². The second-order valence-electron chi connectivity index (χ2n) is 6.11. The molecule has 0 spiro atoms. The molecular formula is C21H18N4O2. The van der Waals surface area contributed by atoms with E-state index in [-0.39, 0.29) is 5.78 Å². The summed E-state index contributed by atoms with van der Waals surface area (Å²) in [5.41, 5.74) is 4.26. The standard InChI is InChI=1S/C21H18N4O2/c1-14(26)15-5-9-17(10-6-15)22-21-23-20-19(4-3-13-25(20)24-21)16-7-11-18(27-2)12-8-16/h3-13H,1-2H3,(H,22,24). The summed E-state index contributed by atoms with van der Waals surface area (Å²) >= 11 is 0. The predicted octanol–water partition coefficient (Wildman–Crippen LogP) is 4.35. The smallest absolute Gasteiger partial charge is 0.247 e. The molecule has 6 nitrogen and oxygen atoms in total. The quantitative estimate of drug-likeness (QED) is 0.537. The Hall–Kier alpha value is -3.67. The zero-order chi connectivity index (χ0) is 18.8. The Bertz CT molecular complexity index is 1100. The summed E-state index contributed by atoms with van der Waals surface area (Å²) in [6.45, 7) is 1.55. The Kier molecular flexibility index (Phi) is 4.30. The van der Waals surface area contributed by atoms with Crippen LogP contribution in [0.25, 0.3) is 16.8 Å². The average molecular weight is 358 g/mol. The number of nitrogens with one attached hydrogen (secondary N) is 1. The molecule has 4 aromatic rings. The average Bonchev–Trinajstić information content (AvgIpc) is 3.11. The van der Waals surface area contributed by atoms with Crippen molar-refractivity contribution in [2.45, 2.75) is 6.92 Å². The topological polar surface area (TPSA) is 68.5 Å². The van der Waals surface area contributed by atoms with Crippen LogP contribution in [-0.2, 0) is 0 Å². The molecule has 2 aromatic heterocycles. The molecule has 0 radical (unpaired) electrons. The number of hydrogen-bond donors (Lipinski definition) is 1. The number of carbonyl (C=O) groups is 1. The van der Waals surface area contributed by atoms with Crippen molar-refractivity contribution in [1.29, 1.82) is 0 Å². The molecule has 0 aliphatic heterocycles. The molecule has 1 N–H and O–H groups in total. The van der Waals surface area contributed by atoms with Crippen LogP contribution in [0, 0.1) is 0 Å². The summed E-state index contributed by atoms with van der Waals surface area (Å²) in [5, 5.41) is 7.67.